The lowest BCUT2D eigenvalue weighted by Crippen LogP contribution is -2.18. The molecule has 0 heterocycles. The standard InChI is InChI=1S/C4H9ClFN/c5-1-3-7-4-2-6/h7H,1-4H2. The van der Waals surface area contributed by atoms with Crippen molar-refractivity contribution in [1.29, 1.82) is 0 Å². The predicted molar refractivity (Wildman–Crippen MR) is 29.6 cm³/mol. The van der Waals surface area contributed by atoms with Crippen LogP contribution in [-0.2, 0) is 0 Å². The molecule has 0 aromatic carbocycles. The molecule has 0 saturated heterocycles. The molecule has 0 atom stereocenters. The van der Waals surface area contributed by atoms with Gasteiger partial charge in [-0.25, -0.2) is 4.39 Å². The quantitative estimate of drug-likeness (QED) is 0.433. The molecular formula is C4H9ClFN. The van der Waals surface area contributed by atoms with Crippen LogP contribution in [0.25, 0.3) is 0 Å². The molecule has 3 heteroatoms. The molecule has 0 aromatic heterocycles. The summed E-state index contributed by atoms with van der Waals surface area (Å²) in [5.74, 6) is 0.556. The Morgan fingerprint density at radius 2 is 2.14 bits per heavy atom. The van der Waals surface area contributed by atoms with Gasteiger partial charge in [-0.15, -0.1) is 11.6 Å². The molecule has 7 heavy (non-hydrogen) atoms. The fourth-order valence-corrected chi connectivity index (χ4v) is 0.392. The number of halogens is 2. The second-order valence-electron chi connectivity index (χ2n) is 1.13. The lowest BCUT2D eigenvalue weighted by molar-refractivity contribution is 0.472. The normalized spacial score (nSPS) is 9.43. The Morgan fingerprint density at radius 3 is 2.57 bits per heavy atom. The van der Waals surface area contributed by atoms with Crippen molar-refractivity contribution in [3.63, 3.8) is 0 Å². The monoisotopic (exact) mass is 125 g/mol. The summed E-state index contributed by atoms with van der Waals surface area (Å²) in [7, 11) is 0. The molecular weight excluding hydrogens is 117 g/mol. The number of rotatable bonds is 4. The Hall–Kier alpha value is 0.180. The molecule has 0 saturated carbocycles. The van der Waals surface area contributed by atoms with Crippen LogP contribution in [0.5, 0.6) is 0 Å². The highest BCUT2D eigenvalue weighted by molar-refractivity contribution is 6.18. The topological polar surface area (TPSA) is 12.0 Å². The lowest BCUT2D eigenvalue weighted by Gasteiger charge is -1.93. The highest BCUT2D eigenvalue weighted by atomic mass is 35.5. The minimum absolute atomic E-state index is 0.309. The summed E-state index contributed by atoms with van der Waals surface area (Å²) in [5.41, 5.74) is 0. The van der Waals surface area contributed by atoms with Crippen molar-refractivity contribution in [3.05, 3.63) is 0 Å². The summed E-state index contributed by atoms with van der Waals surface area (Å²) >= 11 is 5.25. The van der Waals surface area contributed by atoms with E-state index in [2.05, 4.69) is 5.32 Å². The van der Waals surface area contributed by atoms with Gasteiger partial charge in [0.1, 0.15) is 6.67 Å². The van der Waals surface area contributed by atoms with Gasteiger partial charge in [0.25, 0.3) is 0 Å². The Kier molecular flexibility index (Phi) is 6.34. The fraction of sp³-hybridized carbons (Fsp3) is 1.00. The van der Waals surface area contributed by atoms with E-state index in [9.17, 15) is 4.39 Å². The van der Waals surface area contributed by atoms with Crippen LogP contribution in [0.4, 0.5) is 4.39 Å². The van der Waals surface area contributed by atoms with Crippen molar-refractivity contribution >= 4 is 11.6 Å². The van der Waals surface area contributed by atoms with Crippen LogP contribution >= 0.6 is 11.6 Å². The second-order valence-corrected chi connectivity index (χ2v) is 1.51. The second kappa shape index (κ2) is 6.18. The highest BCUT2D eigenvalue weighted by Crippen LogP contribution is 1.68. The molecule has 0 amide bonds. The van der Waals surface area contributed by atoms with Crippen molar-refractivity contribution < 1.29 is 4.39 Å². The number of hydrogen-bond acceptors (Lipinski definition) is 1. The van der Waals surface area contributed by atoms with Crippen molar-refractivity contribution in [1.82, 2.24) is 5.32 Å². The van der Waals surface area contributed by atoms with Gasteiger partial charge in [-0.05, 0) is 0 Å². The Labute approximate surface area is 47.9 Å². The zero-order valence-electron chi connectivity index (χ0n) is 4.08. The van der Waals surface area contributed by atoms with Gasteiger partial charge in [0.15, 0.2) is 0 Å². The Bertz CT molecular complexity index is 30.9. The van der Waals surface area contributed by atoms with Crippen LogP contribution in [0, 0.1) is 0 Å². The van der Waals surface area contributed by atoms with Crippen molar-refractivity contribution in [2.75, 3.05) is 25.6 Å². The van der Waals surface area contributed by atoms with E-state index < -0.39 is 0 Å². The van der Waals surface area contributed by atoms with Crippen molar-refractivity contribution in [3.8, 4) is 0 Å². The minimum atomic E-state index is -0.309. The minimum Gasteiger partial charge on any atom is -0.313 e. The van der Waals surface area contributed by atoms with Crippen LogP contribution in [0.1, 0.15) is 0 Å². The van der Waals surface area contributed by atoms with E-state index in [-0.39, 0.29) is 6.67 Å². The van der Waals surface area contributed by atoms with Gasteiger partial charge >= 0.3 is 0 Å². The molecule has 1 N–H and O–H groups in total. The van der Waals surface area contributed by atoms with E-state index in [1.165, 1.54) is 0 Å². The third-order valence-electron chi connectivity index (χ3n) is 0.543. The summed E-state index contributed by atoms with van der Waals surface area (Å²) in [5, 5.41) is 2.78. The lowest BCUT2D eigenvalue weighted by atomic mass is 10.6. The third-order valence-corrected chi connectivity index (χ3v) is 0.732. The number of hydrogen-bond donors (Lipinski definition) is 1. The summed E-state index contributed by atoms with van der Waals surface area (Å²) in [6.45, 7) is 0.815. The molecule has 0 rings (SSSR count). The maximum atomic E-state index is 11.2. The zero-order valence-corrected chi connectivity index (χ0v) is 4.84. The van der Waals surface area contributed by atoms with Gasteiger partial charge < -0.3 is 5.32 Å². The summed E-state index contributed by atoms with van der Waals surface area (Å²) in [6.07, 6.45) is 0. The van der Waals surface area contributed by atoms with Gasteiger partial charge in [0, 0.05) is 19.0 Å². The van der Waals surface area contributed by atoms with Gasteiger partial charge in [0.05, 0.1) is 0 Å². The maximum absolute atomic E-state index is 11.2. The maximum Gasteiger partial charge on any atom is 0.102 e. The first-order valence-electron chi connectivity index (χ1n) is 2.24. The van der Waals surface area contributed by atoms with E-state index in [0.717, 1.165) is 0 Å². The highest BCUT2D eigenvalue weighted by Gasteiger charge is 1.79. The first-order chi connectivity index (χ1) is 3.41. The summed E-state index contributed by atoms with van der Waals surface area (Å²) < 4.78 is 11.2. The Balaban J connectivity index is 2.45. The third kappa shape index (κ3) is 6.18. The van der Waals surface area contributed by atoms with Crippen LogP contribution in [-0.4, -0.2) is 25.6 Å². The van der Waals surface area contributed by atoms with E-state index in [1.54, 1.807) is 0 Å². The molecule has 44 valence electrons. The molecule has 0 spiro atoms. The molecule has 0 aromatic rings. The largest absolute Gasteiger partial charge is 0.313 e. The van der Waals surface area contributed by atoms with Gasteiger partial charge in [-0.1, -0.05) is 0 Å². The smallest absolute Gasteiger partial charge is 0.102 e. The van der Waals surface area contributed by atoms with Crippen LogP contribution in [0.2, 0.25) is 0 Å². The average Bonchev–Trinajstić information content (AvgIpc) is 1.69. The van der Waals surface area contributed by atoms with Gasteiger partial charge in [-0.2, -0.15) is 0 Å². The van der Waals surface area contributed by atoms with E-state index >= 15 is 0 Å². The molecule has 0 aliphatic rings. The van der Waals surface area contributed by atoms with E-state index in [4.69, 9.17) is 11.6 Å². The summed E-state index contributed by atoms with van der Waals surface area (Å²) in [4.78, 5) is 0. The SMILES string of the molecule is FCCNCCCl. The molecule has 0 fully saturated rings. The van der Waals surface area contributed by atoms with E-state index in [1.807, 2.05) is 0 Å². The molecule has 0 aliphatic carbocycles. The fourth-order valence-electron chi connectivity index (χ4n) is 0.259. The molecule has 0 unspecified atom stereocenters. The van der Waals surface area contributed by atoms with Crippen molar-refractivity contribution in [2.24, 2.45) is 0 Å². The molecule has 0 radical (unpaired) electrons. The number of nitrogens with one attached hydrogen (secondary N) is 1. The van der Waals surface area contributed by atoms with E-state index in [0.29, 0.717) is 19.0 Å². The van der Waals surface area contributed by atoms with Crippen LogP contribution in [0.3, 0.4) is 0 Å². The molecule has 0 aliphatic heterocycles. The van der Waals surface area contributed by atoms with Crippen molar-refractivity contribution in [2.45, 2.75) is 0 Å². The molecule has 1 nitrogen and oxygen atoms in total. The summed E-state index contributed by atoms with van der Waals surface area (Å²) in [6, 6.07) is 0. The average molecular weight is 126 g/mol. The predicted octanol–water partition coefficient (Wildman–Crippen LogP) is 0.784. The van der Waals surface area contributed by atoms with Gasteiger partial charge in [0.2, 0.25) is 0 Å². The number of alkyl halides is 2. The Morgan fingerprint density at radius 1 is 1.43 bits per heavy atom. The first kappa shape index (κ1) is 7.18. The molecule has 0 bridgehead atoms. The first-order valence-corrected chi connectivity index (χ1v) is 2.78. The van der Waals surface area contributed by atoms with Crippen LogP contribution < -0.4 is 5.32 Å². The zero-order chi connectivity index (χ0) is 5.54. The van der Waals surface area contributed by atoms with Crippen LogP contribution in [0.15, 0.2) is 0 Å². The van der Waals surface area contributed by atoms with Gasteiger partial charge in [-0.3, -0.25) is 0 Å².